The zero-order valence-corrected chi connectivity index (χ0v) is 15.1. The molecule has 0 aliphatic carbocycles. The molecule has 0 radical (unpaired) electrons. The fourth-order valence-corrected chi connectivity index (χ4v) is 4.55. The Morgan fingerprint density at radius 3 is 2.23 bits per heavy atom. The first-order valence-electron chi connectivity index (χ1n) is 8.11. The van der Waals surface area contributed by atoms with Gasteiger partial charge in [-0.2, -0.15) is 4.31 Å². The van der Waals surface area contributed by atoms with E-state index in [4.69, 9.17) is 0 Å². The maximum atomic E-state index is 13.0. The predicted octanol–water partition coefficient (Wildman–Crippen LogP) is 2.12. The van der Waals surface area contributed by atoms with Crippen LogP contribution in [0.25, 0.3) is 0 Å². The minimum atomic E-state index is -3.81. The summed E-state index contributed by atoms with van der Waals surface area (Å²) in [6.07, 6.45) is 0. The number of ether oxygens (including phenoxy) is 1. The summed E-state index contributed by atoms with van der Waals surface area (Å²) in [7, 11) is -2.60. The Hall–Kier alpha value is -2.45. The van der Waals surface area contributed by atoms with Gasteiger partial charge < -0.3 is 9.64 Å². The second-order valence-corrected chi connectivity index (χ2v) is 7.76. The van der Waals surface area contributed by atoms with Gasteiger partial charge in [-0.15, -0.1) is 0 Å². The number of halogens is 1. The van der Waals surface area contributed by atoms with E-state index in [-0.39, 0.29) is 29.4 Å². The highest BCUT2D eigenvalue weighted by Crippen LogP contribution is 2.24. The van der Waals surface area contributed by atoms with Gasteiger partial charge in [0.25, 0.3) is 0 Å². The molecule has 1 saturated heterocycles. The number of hydrogen-bond acceptors (Lipinski definition) is 5. The Morgan fingerprint density at radius 2 is 1.62 bits per heavy atom. The zero-order chi connectivity index (χ0) is 18.7. The van der Waals surface area contributed by atoms with Crippen molar-refractivity contribution in [2.75, 3.05) is 38.2 Å². The molecule has 0 atom stereocenters. The van der Waals surface area contributed by atoms with Gasteiger partial charge in [-0.1, -0.05) is 12.1 Å². The molecule has 3 rings (SSSR count). The summed E-state index contributed by atoms with van der Waals surface area (Å²) in [4.78, 5) is 13.8. The van der Waals surface area contributed by atoms with Crippen LogP contribution in [-0.4, -0.2) is 52.0 Å². The lowest BCUT2D eigenvalue weighted by Crippen LogP contribution is -2.48. The number of benzene rings is 2. The van der Waals surface area contributed by atoms with Gasteiger partial charge in [-0.05, 0) is 36.4 Å². The van der Waals surface area contributed by atoms with Crippen LogP contribution in [0.15, 0.2) is 53.4 Å². The Labute approximate surface area is 151 Å². The van der Waals surface area contributed by atoms with Gasteiger partial charge in [0.05, 0.1) is 17.6 Å². The van der Waals surface area contributed by atoms with E-state index in [0.717, 1.165) is 5.69 Å². The van der Waals surface area contributed by atoms with Gasteiger partial charge >= 0.3 is 5.97 Å². The summed E-state index contributed by atoms with van der Waals surface area (Å²) in [6, 6.07) is 12.1. The van der Waals surface area contributed by atoms with Crippen molar-refractivity contribution < 1.29 is 22.3 Å². The molecule has 26 heavy (non-hydrogen) atoms. The molecule has 8 heteroatoms. The van der Waals surface area contributed by atoms with E-state index in [0.29, 0.717) is 13.1 Å². The van der Waals surface area contributed by atoms with Crippen LogP contribution in [0.4, 0.5) is 10.1 Å². The molecule has 0 bridgehead atoms. The lowest BCUT2D eigenvalue weighted by molar-refractivity contribution is 0.0596. The highest BCUT2D eigenvalue weighted by Gasteiger charge is 2.31. The maximum absolute atomic E-state index is 13.0. The number of carbonyl (C=O) groups excluding carboxylic acids is 1. The largest absolute Gasteiger partial charge is 0.465 e. The molecule has 1 aliphatic rings. The topological polar surface area (TPSA) is 66.9 Å². The number of piperazine rings is 1. The van der Waals surface area contributed by atoms with Crippen molar-refractivity contribution in [3.63, 3.8) is 0 Å². The Morgan fingerprint density at radius 1 is 1.00 bits per heavy atom. The third-order valence-electron chi connectivity index (χ3n) is 4.34. The van der Waals surface area contributed by atoms with Crippen molar-refractivity contribution in [2.45, 2.75) is 4.90 Å². The van der Waals surface area contributed by atoms with E-state index >= 15 is 0 Å². The van der Waals surface area contributed by atoms with Gasteiger partial charge in [0.15, 0.2) is 0 Å². The summed E-state index contributed by atoms with van der Waals surface area (Å²) in [5.41, 5.74) is 0.870. The first-order chi connectivity index (χ1) is 12.4. The second-order valence-electron chi connectivity index (χ2n) is 5.86. The summed E-state index contributed by atoms with van der Waals surface area (Å²) in [6.45, 7) is 1.50. The number of carbonyl (C=O) groups is 1. The normalized spacial score (nSPS) is 15.7. The second kappa shape index (κ2) is 7.43. The third-order valence-corrected chi connectivity index (χ3v) is 6.30. The van der Waals surface area contributed by atoms with Crippen LogP contribution in [0.1, 0.15) is 10.4 Å². The fourth-order valence-electron chi connectivity index (χ4n) is 2.95. The average molecular weight is 378 g/mol. The summed E-state index contributed by atoms with van der Waals surface area (Å²) in [5, 5.41) is 0. The first-order valence-corrected chi connectivity index (χ1v) is 9.55. The van der Waals surface area contributed by atoms with Gasteiger partial charge in [0.1, 0.15) is 5.82 Å². The van der Waals surface area contributed by atoms with Crippen molar-refractivity contribution in [1.29, 1.82) is 0 Å². The monoisotopic (exact) mass is 378 g/mol. The quantitative estimate of drug-likeness (QED) is 0.763. The minimum absolute atomic E-state index is 0.0240. The number of sulfonamides is 1. The summed E-state index contributed by atoms with van der Waals surface area (Å²) >= 11 is 0. The molecule has 0 N–H and O–H groups in total. The molecule has 2 aromatic carbocycles. The lowest BCUT2D eigenvalue weighted by Gasteiger charge is -2.35. The van der Waals surface area contributed by atoms with Crippen molar-refractivity contribution in [3.8, 4) is 0 Å². The molecule has 1 heterocycles. The van der Waals surface area contributed by atoms with Crippen molar-refractivity contribution in [2.24, 2.45) is 0 Å². The molecule has 1 fully saturated rings. The number of hydrogen-bond donors (Lipinski definition) is 0. The fraction of sp³-hybridized carbons (Fsp3) is 0.278. The third kappa shape index (κ3) is 3.56. The molecule has 6 nitrogen and oxygen atoms in total. The molecule has 0 amide bonds. The van der Waals surface area contributed by atoms with Crippen LogP contribution in [-0.2, 0) is 14.8 Å². The van der Waals surface area contributed by atoms with Crippen LogP contribution >= 0.6 is 0 Å². The molecule has 0 aromatic heterocycles. The van der Waals surface area contributed by atoms with E-state index < -0.39 is 16.0 Å². The van der Waals surface area contributed by atoms with Crippen LogP contribution in [0, 0.1) is 5.82 Å². The lowest BCUT2D eigenvalue weighted by atomic mass is 10.2. The van der Waals surface area contributed by atoms with E-state index in [1.165, 1.54) is 35.7 Å². The van der Waals surface area contributed by atoms with Gasteiger partial charge in [0.2, 0.25) is 10.0 Å². The molecule has 0 spiro atoms. The smallest absolute Gasteiger partial charge is 0.339 e. The van der Waals surface area contributed by atoms with Crippen molar-refractivity contribution >= 4 is 21.7 Å². The minimum Gasteiger partial charge on any atom is -0.465 e. The Balaban J connectivity index is 1.78. The number of rotatable bonds is 4. The SMILES string of the molecule is COC(=O)c1ccccc1S(=O)(=O)N1CCN(c2ccc(F)cc2)CC1. The average Bonchev–Trinajstić information content (AvgIpc) is 2.68. The highest BCUT2D eigenvalue weighted by atomic mass is 32.2. The number of methoxy groups -OCH3 is 1. The molecular weight excluding hydrogens is 359 g/mol. The van der Waals surface area contributed by atoms with E-state index in [1.54, 1.807) is 24.3 Å². The highest BCUT2D eigenvalue weighted by molar-refractivity contribution is 7.89. The van der Waals surface area contributed by atoms with Crippen LogP contribution < -0.4 is 4.90 Å². The summed E-state index contributed by atoms with van der Waals surface area (Å²) in [5.74, 6) is -0.997. The van der Waals surface area contributed by atoms with E-state index in [1.807, 2.05) is 4.90 Å². The molecular formula is C18H19FN2O4S. The first kappa shape index (κ1) is 18.3. The standard InChI is InChI=1S/C18H19FN2O4S/c1-25-18(22)16-4-2-3-5-17(16)26(23,24)21-12-10-20(11-13-21)15-8-6-14(19)7-9-15/h2-9H,10-13H2,1H3. The number of nitrogens with zero attached hydrogens (tertiary/aromatic N) is 2. The number of esters is 1. The van der Waals surface area contributed by atoms with Gasteiger partial charge in [-0.25, -0.2) is 17.6 Å². The van der Waals surface area contributed by atoms with Gasteiger partial charge in [-0.3, -0.25) is 0 Å². The predicted molar refractivity (Wildman–Crippen MR) is 95.2 cm³/mol. The maximum Gasteiger partial charge on any atom is 0.339 e. The molecule has 138 valence electrons. The van der Waals surface area contributed by atoms with Crippen LogP contribution in [0.2, 0.25) is 0 Å². The van der Waals surface area contributed by atoms with E-state index in [9.17, 15) is 17.6 Å². The van der Waals surface area contributed by atoms with Crippen LogP contribution in [0.3, 0.4) is 0 Å². The molecule has 1 aliphatic heterocycles. The van der Waals surface area contributed by atoms with Crippen molar-refractivity contribution in [1.82, 2.24) is 4.31 Å². The zero-order valence-electron chi connectivity index (χ0n) is 14.3. The summed E-state index contributed by atoms with van der Waals surface area (Å²) < 4.78 is 45.0. The number of anilines is 1. The van der Waals surface area contributed by atoms with Gasteiger partial charge in [0, 0.05) is 31.9 Å². The van der Waals surface area contributed by atoms with Crippen LogP contribution in [0.5, 0.6) is 0 Å². The van der Waals surface area contributed by atoms with E-state index in [2.05, 4.69) is 4.74 Å². The van der Waals surface area contributed by atoms with Crippen molar-refractivity contribution in [3.05, 3.63) is 59.9 Å². The Bertz CT molecular complexity index is 892. The Kier molecular flexibility index (Phi) is 5.24. The molecule has 2 aromatic rings. The molecule has 0 unspecified atom stereocenters. The molecule has 0 saturated carbocycles.